The van der Waals surface area contributed by atoms with Gasteiger partial charge in [0.25, 0.3) is 0 Å². The molecule has 0 aliphatic carbocycles. The van der Waals surface area contributed by atoms with Gasteiger partial charge in [0.1, 0.15) is 6.04 Å². The number of hydrogen-bond acceptors (Lipinski definition) is 3. The topological polar surface area (TPSA) is 58.6 Å². The Morgan fingerprint density at radius 2 is 2.00 bits per heavy atom. The van der Waals surface area contributed by atoms with E-state index in [4.69, 9.17) is 33.0 Å². The van der Waals surface area contributed by atoms with E-state index in [1.165, 1.54) is 0 Å². The average molecular weight is 306 g/mol. The molecule has 0 aliphatic heterocycles. The quantitative estimate of drug-likeness (QED) is 0.811. The van der Waals surface area contributed by atoms with Crippen LogP contribution in [0.25, 0.3) is 0 Å². The van der Waals surface area contributed by atoms with Crippen LogP contribution >= 0.6 is 23.2 Å². The summed E-state index contributed by atoms with van der Waals surface area (Å²) >= 11 is 12.2. The van der Waals surface area contributed by atoms with Gasteiger partial charge in [0.15, 0.2) is 5.75 Å². The van der Waals surface area contributed by atoms with Crippen molar-refractivity contribution in [2.24, 2.45) is 0 Å². The molecule has 0 spiro atoms. The van der Waals surface area contributed by atoms with Crippen LogP contribution in [0.15, 0.2) is 12.1 Å². The van der Waals surface area contributed by atoms with Gasteiger partial charge in [-0.3, -0.25) is 4.79 Å². The van der Waals surface area contributed by atoms with E-state index in [9.17, 15) is 4.79 Å². The Hall–Kier alpha value is -0.970. The lowest BCUT2D eigenvalue weighted by molar-refractivity contribution is -0.139. The van der Waals surface area contributed by atoms with Crippen molar-refractivity contribution in [3.63, 3.8) is 0 Å². The van der Waals surface area contributed by atoms with Crippen molar-refractivity contribution >= 4 is 29.2 Å². The number of benzene rings is 1. The van der Waals surface area contributed by atoms with Gasteiger partial charge >= 0.3 is 5.97 Å². The first kappa shape index (κ1) is 16.1. The van der Waals surface area contributed by atoms with Crippen LogP contribution in [0, 0.1) is 0 Å². The number of halogens is 2. The molecule has 6 heteroatoms. The third-order valence-electron chi connectivity index (χ3n) is 2.49. The van der Waals surface area contributed by atoms with Gasteiger partial charge in [-0.15, -0.1) is 0 Å². The molecular formula is C13H17Cl2NO3. The SMILES string of the molecule is CCCOc1c(Cl)cc(CNC(C)C(=O)O)cc1Cl. The zero-order valence-corrected chi connectivity index (χ0v) is 12.4. The second kappa shape index (κ2) is 7.58. The molecule has 1 unspecified atom stereocenters. The largest absolute Gasteiger partial charge is 0.490 e. The molecule has 2 N–H and O–H groups in total. The van der Waals surface area contributed by atoms with Crippen LogP contribution in [0.4, 0.5) is 0 Å². The number of carbonyl (C=O) groups is 1. The number of carboxylic acids is 1. The van der Waals surface area contributed by atoms with Crippen LogP contribution in [-0.4, -0.2) is 23.7 Å². The van der Waals surface area contributed by atoms with Crippen molar-refractivity contribution in [2.75, 3.05) is 6.61 Å². The predicted molar refractivity (Wildman–Crippen MR) is 76.2 cm³/mol. The van der Waals surface area contributed by atoms with Gasteiger partial charge in [-0.05, 0) is 31.0 Å². The fourth-order valence-electron chi connectivity index (χ4n) is 1.41. The molecule has 0 radical (unpaired) electrons. The average Bonchev–Trinajstić information content (AvgIpc) is 2.34. The molecular weight excluding hydrogens is 289 g/mol. The summed E-state index contributed by atoms with van der Waals surface area (Å²) < 4.78 is 5.46. The Balaban J connectivity index is 2.74. The molecule has 1 aromatic rings. The predicted octanol–water partition coefficient (Wildman–Crippen LogP) is 3.34. The van der Waals surface area contributed by atoms with Crippen molar-refractivity contribution in [3.05, 3.63) is 27.7 Å². The summed E-state index contributed by atoms with van der Waals surface area (Å²) in [5.74, 6) is -0.430. The van der Waals surface area contributed by atoms with Crippen LogP contribution in [-0.2, 0) is 11.3 Å². The summed E-state index contributed by atoms with van der Waals surface area (Å²) in [5, 5.41) is 12.5. The molecule has 0 bridgehead atoms. The van der Waals surface area contributed by atoms with Crippen LogP contribution < -0.4 is 10.1 Å². The molecule has 0 aliphatic rings. The molecule has 1 rings (SSSR count). The second-order valence-corrected chi connectivity index (χ2v) is 4.99. The smallest absolute Gasteiger partial charge is 0.320 e. The fraction of sp³-hybridized carbons (Fsp3) is 0.462. The van der Waals surface area contributed by atoms with Gasteiger partial charge in [-0.2, -0.15) is 0 Å². The molecule has 0 fully saturated rings. The summed E-state index contributed by atoms with van der Waals surface area (Å²) in [6.07, 6.45) is 0.867. The van der Waals surface area contributed by atoms with Gasteiger partial charge in [-0.1, -0.05) is 30.1 Å². The van der Waals surface area contributed by atoms with E-state index in [0.717, 1.165) is 12.0 Å². The van der Waals surface area contributed by atoms with Gasteiger partial charge in [-0.25, -0.2) is 0 Å². The lowest BCUT2D eigenvalue weighted by Crippen LogP contribution is -2.33. The number of aliphatic carboxylic acids is 1. The monoisotopic (exact) mass is 305 g/mol. The Bertz CT molecular complexity index is 429. The van der Waals surface area contributed by atoms with E-state index < -0.39 is 12.0 Å². The van der Waals surface area contributed by atoms with Crippen molar-refractivity contribution < 1.29 is 14.6 Å². The minimum atomic E-state index is -0.903. The number of nitrogens with one attached hydrogen (secondary N) is 1. The Kier molecular flexibility index (Phi) is 6.42. The summed E-state index contributed by atoms with van der Waals surface area (Å²) in [5.41, 5.74) is 0.812. The normalized spacial score (nSPS) is 12.2. The summed E-state index contributed by atoms with van der Waals surface area (Å²) in [6, 6.07) is 2.81. The van der Waals surface area contributed by atoms with E-state index in [1.807, 2.05) is 6.92 Å². The summed E-state index contributed by atoms with van der Waals surface area (Å²) in [6.45, 7) is 4.49. The lowest BCUT2D eigenvalue weighted by atomic mass is 10.2. The first-order valence-corrected chi connectivity index (χ1v) is 6.78. The van der Waals surface area contributed by atoms with Crippen molar-refractivity contribution in [1.82, 2.24) is 5.32 Å². The van der Waals surface area contributed by atoms with E-state index in [-0.39, 0.29) is 0 Å². The second-order valence-electron chi connectivity index (χ2n) is 4.18. The maximum absolute atomic E-state index is 10.7. The molecule has 0 saturated carbocycles. The molecule has 0 aromatic heterocycles. The van der Waals surface area contributed by atoms with E-state index in [0.29, 0.717) is 28.9 Å². The molecule has 4 nitrogen and oxygen atoms in total. The van der Waals surface area contributed by atoms with E-state index >= 15 is 0 Å². The number of rotatable bonds is 7. The summed E-state index contributed by atoms with van der Waals surface area (Å²) in [4.78, 5) is 10.7. The van der Waals surface area contributed by atoms with Crippen LogP contribution in [0.3, 0.4) is 0 Å². The first-order valence-electron chi connectivity index (χ1n) is 6.02. The minimum Gasteiger partial charge on any atom is -0.490 e. The van der Waals surface area contributed by atoms with Gasteiger partial charge in [0.2, 0.25) is 0 Å². The molecule has 1 aromatic carbocycles. The van der Waals surface area contributed by atoms with Gasteiger partial charge in [0.05, 0.1) is 16.7 Å². The van der Waals surface area contributed by atoms with Gasteiger partial charge < -0.3 is 15.2 Å². The van der Waals surface area contributed by atoms with E-state index in [2.05, 4.69) is 5.32 Å². The molecule has 1 atom stereocenters. The molecule has 0 saturated heterocycles. The number of carboxylic acid groups (broad SMARTS) is 1. The minimum absolute atomic E-state index is 0.376. The maximum atomic E-state index is 10.7. The highest BCUT2D eigenvalue weighted by atomic mass is 35.5. The molecule has 0 amide bonds. The molecule has 0 heterocycles. The van der Waals surface area contributed by atoms with Crippen molar-refractivity contribution in [3.8, 4) is 5.75 Å². The molecule has 19 heavy (non-hydrogen) atoms. The Morgan fingerprint density at radius 3 is 2.47 bits per heavy atom. The van der Waals surface area contributed by atoms with Crippen LogP contribution in [0.2, 0.25) is 10.0 Å². The van der Waals surface area contributed by atoms with Crippen LogP contribution in [0.5, 0.6) is 5.75 Å². The Labute approximate surface area is 122 Å². The standard InChI is InChI=1S/C13H17Cl2NO3/c1-3-4-19-12-10(14)5-9(6-11(12)15)7-16-8(2)13(17)18/h5-6,8,16H,3-4,7H2,1-2H3,(H,17,18). The van der Waals surface area contributed by atoms with Crippen molar-refractivity contribution in [2.45, 2.75) is 32.9 Å². The highest BCUT2D eigenvalue weighted by Gasteiger charge is 2.12. The third-order valence-corrected chi connectivity index (χ3v) is 3.05. The maximum Gasteiger partial charge on any atom is 0.320 e. The highest BCUT2D eigenvalue weighted by Crippen LogP contribution is 2.34. The molecule has 106 valence electrons. The summed E-state index contributed by atoms with van der Waals surface area (Å²) in [7, 11) is 0. The highest BCUT2D eigenvalue weighted by molar-refractivity contribution is 6.37. The number of ether oxygens (including phenoxy) is 1. The zero-order valence-electron chi connectivity index (χ0n) is 10.9. The first-order chi connectivity index (χ1) is 8.95. The number of hydrogen-bond donors (Lipinski definition) is 2. The third kappa shape index (κ3) is 4.90. The fourth-order valence-corrected chi connectivity index (χ4v) is 2.06. The zero-order chi connectivity index (χ0) is 14.4. The van der Waals surface area contributed by atoms with Crippen LogP contribution in [0.1, 0.15) is 25.8 Å². The Morgan fingerprint density at radius 1 is 1.42 bits per heavy atom. The van der Waals surface area contributed by atoms with E-state index in [1.54, 1.807) is 19.1 Å². The van der Waals surface area contributed by atoms with Gasteiger partial charge in [0, 0.05) is 6.54 Å². The lowest BCUT2D eigenvalue weighted by Gasteiger charge is -2.13. The van der Waals surface area contributed by atoms with Crippen molar-refractivity contribution in [1.29, 1.82) is 0 Å².